The van der Waals surface area contributed by atoms with Crippen LogP contribution in [0.3, 0.4) is 0 Å². The molecule has 0 saturated carbocycles. The molecule has 0 atom stereocenters. The van der Waals surface area contributed by atoms with Crippen LogP contribution in [0.15, 0.2) is 17.2 Å². The first-order valence-electron chi connectivity index (χ1n) is 5.47. The predicted molar refractivity (Wildman–Crippen MR) is 80.5 cm³/mol. The van der Waals surface area contributed by atoms with Crippen LogP contribution in [0.2, 0.25) is 20.5 Å². The van der Waals surface area contributed by atoms with Gasteiger partial charge >= 0.3 is 6.18 Å². The highest BCUT2D eigenvalue weighted by atomic mass is 35.5. The molecular formula is C11H3Cl4F5N2S. The van der Waals surface area contributed by atoms with Crippen molar-refractivity contribution in [2.75, 3.05) is 0 Å². The van der Waals surface area contributed by atoms with Crippen molar-refractivity contribution in [3.63, 3.8) is 0 Å². The fourth-order valence-corrected chi connectivity index (χ4v) is 3.57. The van der Waals surface area contributed by atoms with Crippen molar-refractivity contribution in [2.24, 2.45) is 0 Å². The van der Waals surface area contributed by atoms with Gasteiger partial charge in [-0.1, -0.05) is 34.8 Å². The summed E-state index contributed by atoms with van der Waals surface area (Å²) in [5.41, 5.74) is -1.32. The van der Waals surface area contributed by atoms with Gasteiger partial charge in [0, 0.05) is 0 Å². The van der Waals surface area contributed by atoms with Gasteiger partial charge in [-0.05, 0) is 35.5 Å². The standard InChI is InChI=1S/C11H3Cl4F5N2S/c12-4-1-3(11(18,19)20)2-5(13)6(4)22-8(23-10(16)17)7(14)21-9(22)15/h1-2,10H. The zero-order chi connectivity index (χ0) is 17.5. The Hall–Kier alpha value is -0.410. The summed E-state index contributed by atoms with van der Waals surface area (Å²) < 4.78 is 64.3. The highest BCUT2D eigenvalue weighted by molar-refractivity contribution is 7.99. The van der Waals surface area contributed by atoms with Crippen LogP contribution in [0.25, 0.3) is 5.69 Å². The molecule has 0 amide bonds. The number of alkyl halides is 5. The van der Waals surface area contributed by atoms with Crippen LogP contribution in [0.1, 0.15) is 5.56 Å². The van der Waals surface area contributed by atoms with Gasteiger partial charge in [-0.25, -0.2) is 4.98 Å². The molecular weight excluding hydrogens is 429 g/mol. The Morgan fingerprint density at radius 3 is 2.00 bits per heavy atom. The first-order chi connectivity index (χ1) is 10.5. The maximum Gasteiger partial charge on any atom is 0.416 e. The monoisotopic (exact) mass is 430 g/mol. The average molecular weight is 432 g/mol. The molecule has 1 heterocycles. The molecule has 2 nitrogen and oxygen atoms in total. The average Bonchev–Trinajstić information content (AvgIpc) is 2.63. The van der Waals surface area contributed by atoms with E-state index in [1.165, 1.54) is 0 Å². The molecule has 0 aliphatic rings. The lowest BCUT2D eigenvalue weighted by atomic mass is 10.2. The fraction of sp³-hybridized carbons (Fsp3) is 0.182. The molecule has 0 radical (unpaired) electrons. The molecule has 0 aliphatic carbocycles. The van der Waals surface area contributed by atoms with Crippen LogP contribution in [-0.4, -0.2) is 15.3 Å². The van der Waals surface area contributed by atoms with Gasteiger partial charge in [0.1, 0.15) is 5.03 Å². The van der Waals surface area contributed by atoms with E-state index in [4.69, 9.17) is 46.4 Å². The molecule has 0 unspecified atom stereocenters. The first kappa shape index (κ1) is 18.9. The van der Waals surface area contributed by atoms with Gasteiger partial charge in [0.25, 0.3) is 5.76 Å². The molecule has 0 spiro atoms. The third kappa shape index (κ3) is 3.99. The maximum atomic E-state index is 12.7. The van der Waals surface area contributed by atoms with Gasteiger partial charge in [0.2, 0.25) is 5.28 Å². The number of hydrogen-bond donors (Lipinski definition) is 0. The van der Waals surface area contributed by atoms with Crippen LogP contribution in [-0.2, 0) is 6.18 Å². The van der Waals surface area contributed by atoms with Crippen molar-refractivity contribution in [1.29, 1.82) is 0 Å². The number of hydrogen-bond acceptors (Lipinski definition) is 2. The smallest absolute Gasteiger partial charge is 0.273 e. The molecule has 0 saturated heterocycles. The second-order valence-corrected chi connectivity index (χ2v) is 6.47. The van der Waals surface area contributed by atoms with Crippen molar-refractivity contribution in [3.8, 4) is 5.69 Å². The minimum atomic E-state index is -4.68. The summed E-state index contributed by atoms with van der Waals surface area (Å²) in [6, 6.07) is 1.20. The normalized spacial score (nSPS) is 12.3. The summed E-state index contributed by atoms with van der Waals surface area (Å²) in [7, 11) is 0. The Kier molecular flexibility index (Phi) is 5.62. The van der Waals surface area contributed by atoms with E-state index in [9.17, 15) is 22.0 Å². The summed E-state index contributed by atoms with van der Waals surface area (Å²) >= 11 is 23.2. The van der Waals surface area contributed by atoms with Crippen molar-refractivity contribution in [1.82, 2.24) is 9.55 Å². The lowest BCUT2D eigenvalue weighted by Crippen LogP contribution is -2.07. The Labute approximate surface area is 150 Å². The molecule has 12 heteroatoms. The van der Waals surface area contributed by atoms with Crippen LogP contribution in [0, 0.1) is 0 Å². The van der Waals surface area contributed by atoms with Gasteiger partial charge in [0.15, 0.2) is 5.15 Å². The Bertz CT molecular complexity index is 724. The van der Waals surface area contributed by atoms with Crippen molar-refractivity contribution >= 4 is 58.2 Å². The van der Waals surface area contributed by atoms with E-state index >= 15 is 0 Å². The van der Waals surface area contributed by atoms with Crippen molar-refractivity contribution in [2.45, 2.75) is 17.0 Å². The molecule has 0 N–H and O–H groups in total. The number of rotatable bonds is 3. The number of thioether (sulfide) groups is 1. The quantitative estimate of drug-likeness (QED) is 0.392. The van der Waals surface area contributed by atoms with Gasteiger partial charge in [-0.2, -0.15) is 22.0 Å². The molecule has 0 bridgehead atoms. The van der Waals surface area contributed by atoms with Crippen LogP contribution in [0.4, 0.5) is 22.0 Å². The topological polar surface area (TPSA) is 17.8 Å². The third-order valence-electron chi connectivity index (χ3n) is 2.52. The van der Waals surface area contributed by atoms with Crippen molar-refractivity contribution < 1.29 is 22.0 Å². The lowest BCUT2D eigenvalue weighted by molar-refractivity contribution is -0.137. The summed E-state index contributed by atoms with van der Waals surface area (Å²) in [5, 5.41) is -1.92. The van der Waals surface area contributed by atoms with E-state index in [-0.39, 0.29) is 32.9 Å². The van der Waals surface area contributed by atoms with E-state index in [1.807, 2.05) is 0 Å². The van der Waals surface area contributed by atoms with E-state index in [0.29, 0.717) is 12.1 Å². The van der Waals surface area contributed by atoms with Crippen molar-refractivity contribution in [3.05, 3.63) is 38.2 Å². The Morgan fingerprint density at radius 1 is 1.04 bits per heavy atom. The predicted octanol–water partition coefficient (Wildman–Crippen LogP) is 6.82. The molecule has 0 aliphatic heterocycles. The highest BCUT2D eigenvalue weighted by Gasteiger charge is 2.33. The summed E-state index contributed by atoms with van der Waals surface area (Å²) in [6.45, 7) is 0. The molecule has 0 fully saturated rings. The minimum Gasteiger partial charge on any atom is -0.273 e. The van der Waals surface area contributed by atoms with Gasteiger partial charge < -0.3 is 0 Å². The fourth-order valence-electron chi connectivity index (χ4n) is 1.68. The zero-order valence-electron chi connectivity index (χ0n) is 10.4. The summed E-state index contributed by atoms with van der Waals surface area (Å²) in [5.74, 6) is -2.87. The van der Waals surface area contributed by atoms with Gasteiger partial charge in [0.05, 0.1) is 21.3 Å². The first-order valence-corrected chi connectivity index (χ1v) is 7.86. The van der Waals surface area contributed by atoms with Gasteiger partial charge in [-0.15, -0.1) is 0 Å². The highest BCUT2D eigenvalue weighted by Crippen LogP contribution is 2.42. The second-order valence-electron chi connectivity index (χ2n) is 3.98. The largest absolute Gasteiger partial charge is 0.416 e. The molecule has 1 aromatic carbocycles. The van der Waals surface area contributed by atoms with E-state index in [0.717, 1.165) is 4.57 Å². The van der Waals surface area contributed by atoms with E-state index in [2.05, 4.69) is 4.98 Å². The number of benzene rings is 1. The second kappa shape index (κ2) is 6.84. The minimum absolute atomic E-state index is 0.00573. The van der Waals surface area contributed by atoms with E-state index < -0.39 is 27.5 Å². The number of nitrogens with zero attached hydrogens (tertiary/aromatic N) is 2. The summed E-state index contributed by atoms with van der Waals surface area (Å²) in [4.78, 5) is 3.59. The van der Waals surface area contributed by atoms with Crippen LogP contribution in [0.5, 0.6) is 0 Å². The SMILES string of the molecule is FC(F)Sc1c(Cl)nc(Cl)n1-c1c(Cl)cc(C(F)(F)F)cc1Cl. The molecule has 2 rings (SSSR count). The Morgan fingerprint density at radius 2 is 1.57 bits per heavy atom. The Balaban J connectivity index is 2.68. The molecule has 126 valence electrons. The third-order valence-corrected chi connectivity index (χ3v) is 4.51. The molecule has 1 aromatic heterocycles. The number of aromatic nitrogens is 2. The molecule has 2 aromatic rings. The van der Waals surface area contributed by atoms with Crippen LogP contribution >= 0.6 is 58.2 Å². The lowest BCUT2D eigenvalue weighted by Gasteiger charge is -2.15. The number of imidazole rings is 1. The number of halogens is 9. The van der Waals surface area contributed by atoms with Crippen LogP contribution < -0.4 is 0 Å². The zero-order valence-corrected chi connectivity index (χ0v) is 14.3. The van der Waals surface area contributed by atoms with Gasteiger partial charge in [-0.3, -0.25) is 4.57 Å². The maximum absolute atomic E-state index is 12.7. The summed E-state index contributed by atoms with van der Waals surface area (Å²) in [6.07, 6.45) is -4.68. The molecule has 23 heavy (non-hydrogen) atoms. The van der Waals surface area contributed by atoms with E-state index in [1.54, 1.807) is 0 Å².